The molecule has 3 rings (SSSR count). The maximum absolute atomic E-state index is 12.6. The Bertz CT molecular complexity index is 964. The van der Waals surface area contributed by atoms with Crippen LogP contribution >= 0.6 is 0 Å². The molecular formula is C21H19N3O4. The normalized spacial score (nSPS) is 15.8. The number of para-hydroxylation sites is 1. The third-order valence-electron chi connectivity index (χ3n) is 4.45. The summed E-state index contributed by atoms with van der Waals surface area (Å²) in [6, 6.07) is 15.3. The van der Waals surface area contributed by atoms with Gasteiger partial charge in [0.05, 0.1) is 35.4 Å². The summed E-state index contributed by atoms with van der Waals surface area (Å²) in [6.07, 6.45) is 0.0426. The van der Waals surface area contributed by atoms with Crippen LogP contribution in [0.5, 0.6) is 0 Å². The number of amides is 2. The van der Waals surface area contributed by atoms with E-state index in [-0.39, 0.29) is 31.4 Å². The van der Waals surface area contributed by atoms with Gasteiger partial charge in [-0.3, -0.25) is 9.59 Å². The number of anilines is 2. The van der Waals surface area contributed by atoms with Gasteiger partial charge in [-0.15, -0.1) is 0 Å². The van der Waals surface area contributed by atoms with E-state index in [4.69, 9.17) is 10.00 Å². The molecule has 2 aromatic rings. The van der Waals surface area contributed by atoms with E-state index in [1.807, 2.05) is 6.07 Å². The second kappa shape index (κ2) is 8.35. The third kappa shape index (κ3) is 4.01. The van der Waals surface area contributed by atoms with E-state index >= 15 is 0 Å². The molecule has 0 aliphatic carbocycles. The Balaban J connectivity index is 1.76. The number of hydrogen-bond acceptors (Lipinski definition) is 5. The first-order valence-corrected chi connectivity index (χ1v) is 8.91. The molecule has 1 atom stereocenters. The van der Waals surface area contributed by atoms with Crippen LogP contribution in [-0.4, -0.2) is 30.9 Å². The standard InChI is InChI=1S/C21H19N3O4/c1-2-28-21(27)17-8-3-4-9-18(17)24-13-15(11-19(24)25)20(26)23-16-7-5-6-14(10-16)12-22/h3-10,15H,2,11,13H2,1H3,(H,23,26). The number of benzene rings is 2. The molecule has 7 nitrogen and oxygen atoms in total. The van der Waals surface area contributed by atoms with E-state index in [1.165, 1.54) is 4.90 Å². The summed E-state index contributed by atoms with van der Waals surface area (Å²) in [5, 5.41) is 11.7. The topological polar surface area (TPSA) is 99.5 Å². The van der Waals surface area contributed by atoms with Crippen LogP contribution in [0.25, 0.3) is 0 Å². The average molecular weight is 377 g/mol. The number of hydrogen-bond donors (Lipinski definition) is 1. The largest absolute Gasteiger partial charge is 0.462 e. The van der Waals surface area contributed by atoms with Crippen molar-refractivity contribution in [2.45, 2.75) is 13.3 Å². The molecule has 1 N–H and O–H groups in total. The molecule has 2 aromatic carbocycles. The van der Waals surface area contributed by atoms with E-state index in [2.05, 4.69) is 5.32 Å². The summed E-state index contributed by atoms with van der Waals surface area (Å²) < 4.78 is 5.06. The third-order valence-corrected chi connectivity index (χ3v) is 4.45. The minimum atomic E-state index is -0.562. The fourth-order valence-electron chi connectivity index (χ4n) is 3.12. The van der Waals surface area contributed by atoms with Crippen LogP contribution in [0.3, 0.4) is 0 Å². The summed E-state index contributed by atoms with van der Waals surface area (Å²) >= 11 is 0. The first-order valence-electron chi connectivity index (χ1n) is 8.91. The number of ether oxygens (including phenoxy) is 1. The zero-order chi connectivity index (χ0) is 20.1. The number of nitrogens with one attached hydrogen (secondary N) is 1. The highest BCUT2D eigenvalue weighted by molar-refractivity contribution is 6.07. The molecule has 0 radical (unpaired) electrons. The number of carbonyl (C=O) groups is 3. The molecule has 1 fully saturated rings. The van der Waals surface area contributed by atoms with Gasteiger partial charge < -0.3 is 15.0 Å². The second-order valence-electron chi connectivity index (χ2n) is 6.32. The average Bonchev–Trinajstić information content (AvgIpc) is 3.10. The van der Waals surface area contributed by atoms with Gasteiger partial charge in [0.15, 0.2) is 0 Å². The first-order chi connectivity index (χ1) is 13.5. The molecule has 0 bridgehead atoms. The van der Waals surface area contributed by atoms with Gasteiger partial charge in [0, 0.05) is 18.7 Å². The van der Waals surface area contributed by atoms with Crippen LogP contribution < -0.4 is 10.2 Å². The Morgan fingerprint density at radius 1 is 1.25 bits per heavy atom. The van der Waals surface area contributed by atoms with Gasteiger partial charge in [-0.05, 0) is 37.3 Å². The Kier molecular flexibility index (Phi) is 5.70. The van der Waals surface area contributed by atoms with Crippen LogP contribution in [0.1, 0.15) is 29.3 Å². The van der Waals surface area contributed by atoms with Gasteiger partial charge >= 0.3 is 5.97 Å². The molecule has 142 valence electrons. The number of nitriles is 1. The fraction of sp³-hybridized carbons (Fsp3) is 0.238. The Morgan fingerprint density at radius 2 is 2.04 bits per heavy atom. The summed E-state index contributed by atoms with van der Waals surface area (Å²) in [4.78, 5) is 38.7. The maximum Gasteiger partial charge on any atom is 0.340 e. The predicted molar refractivity (Wildman–Crippen MR) is 103 cm³/mol. The van der Waals surface area contributed by atoms with E-state index < -0.39 is 11.9 Å². The smallest absolute Gasteiger partial charge is 0.340 e. The summed E-state index contributed by atoms with van der Waals surface area (Å²) in [7, 11) is 0. The Labute approximate surface area is 162 Å². The molecule has 1 aliphatic heterocycles. The van der Waals surface area contributed by atoms with Crippen molar-refractivity contribution >= 4 is 29.2 Å². The summed E-state index contributed by atoms with van der Waals surface area (Å²) in [5.74, 6) is -1.61. The summed E-state index contributed by atoms with van der Waals surface area (Å²) in [6.45, 7) is 2.11. The molecular weight excluding hydrogens is 358 g/mol. The van der Waals surface area contributed by atoms with Gasteiger partial charge in [-0.25, -0.2) is 4.79 Å². The van der Waals surface area contributed by atoms with E-state index in [0.29, 0.717) is 22.5 Å². The van der Waals surface area contributed by atoms with Gasteiger partial charge in [0.1, 0.15) is 0 Å². The van der Waals surface area contributed by atoms with Crippen molar-refractivity contribution in [1.82, 2.24) is 0 Å². The number of rotatable bonds is 5. The van der Waals surface area contributed by atoms with Crippen LogP contribution in [0.15, 0.2) is 48.5 Å². The van der Waals surface area contributed by atoms with Crippen molar-refractivity contribution in [2.75, 3.05) is 23.4 Å². The zero-order valence-electron chi connectivity index (χ0n) is 15.3. The molecule has 2 amide bonds. The summed E-state index contributed by atoms with van der Waals surface area (Å²) in [5.41, 5.74) is 1.67. The highest BCUT2D eigenvalue weighted by Crippen LogP contribution is 2.29. The lowest BCUT2D eigenvalue weighted by Crippen LogP contribution is -2.29. The van der Waals surface area contributed by atoms with Crippen molar-refractivity contribution in [1.29, 1.82) is 5.26 Å². The SMILES string of the molecule is CCOC(=O)c1ccccc1N1CC(C(=O)Nc2cccc(C#N)c2)CC1=O. The number of carbonyl (C=O) groups excluding carboxylic acids is 3. The molecule has 1 aliphatic rings. The monoisotopic (exact) mass is 377 g/mol. The molecule has 1 saturated heterocycles. The van der Waals surface area contributed by atoms with Gasteiger partial charge in [0.25, 0.3) is 0 Å². The molecule has 1 heterocycles. The van der Waals surface area contributed by atoms with Crippen LogP contribution in [0.4, 0.5) is 11.4 Å². The fourth-order valence-corrected chi connectivity index (χ4v) is 3.12. The molecule has 0 aromatic heterocycles. The highest BCUT2D eigenvalue weighted by Gasteiger charge is 2.36. The van der Waals surface area contributed by atoms with Crippen molar-refractivity contribution in [2.24, 2.45) is 5.92 Å². The second-order valence-corrected chi connectivity index (χ2v) is 6.32. The Hall–Kier alpha value is -3.66. The molecule has 0 saturated carbocycles. The van der Waals surface area contributed by atoms with E-state index in [0.717, 1.165) is 0 Å². The van der Waals surface area contributed by atoms with Crippen LogP contribution in [-0.2, 0) is 14.3 Å². The number of esters is 1. The van der Waals surface area contributed by atoms with Gasteiger partial charge in [-0.1, -0.05) is 18.2 Å². The van der Waals surface area contributed by atoms with Crippen molar-refractivity contribution in [3.8, 4) is 6.07 Å². The van der Waals surface area contributed by atoms with E-state index in [9.17, 15) is 14.4 Å². The van der Waals surface area contributed by atoms with Crippen molar-refractivity contribution in [3.05, 3.63) is 59.7 Å². The quantitative estimate of drug-likeness (QED) is 0.808. The van der Waals surface area contributed by atoms with Crippen molar-refractivity contribution < 1.29 is 19.1 Å². The molecule has 0 spiro atoms. The Morgan fingerprint density at radius 3 is 2.79 bits per heavy atom. The lowest BCUT2D eigenvalue weighted by Gasteiger charge is -2.19. The first kappa shape index (κ1) is 19.1. The van der Waals surface area contributed by atoms with Crippen molar-refractivity contribution in [3.63, 3.8) is 0 Å². The highest BCUT2D eigenvalue weighted by atomic mass is 16.5. The van der Waals surface area contributed by atoms with Gasteiger partial charge in [0.2, 0.25) is 11.8 Å². The molecule has 28 heavy (non-hydrogen) atoms. The zero-order valence-corrected chi connectivity index (χ0v) is 15.3. The van der Waals surface area contributed by atoms with Gasteiger partial charge in [-0.2, -0.15) is 5.26 Å². The van der Waals surface area contributed by atoms with E-state index in [1.54, 1.807) is 55.5 Å². The minimum absolute atomic E-state index is 0.0426. The maximum atomic E-state index is 12.6. The van der Waals surface area contributed by atoms with Crippen LogP contribution in [0.2, 0.25) is 0 Å². The lowest BCUT2D eigenvalue weighted by molar-refractivity contribution is -0.122. The predicted octanol–water partition coefficient (Wildman–Crippen LogP) is 2.73. The number of nitrogens with zero attached hydrogens (tertiary/aromatic N) is 2. The molecule has 7 heteroatoms. The molecule has 1 unspecified atom stereocenters. The lowest BCUT2D eigenvalue weighted by atomic mass is 10.1. The van der Waals surface area contributed by atoms with Crippen LogP contribution in [0, 0.1) is 17.2 Å². The minimum Gasteiger partial charge on any atom is -0.462 e.